The van der Waals surface area contributed by atoms with Gasteiger partial charge in [0.15, 0.2) is 0 Å². The van der Waals surface area contributed by atoms with Gasteiger partial charge in [-0.3, -0.25) is 0 Å². The molecule has 0 bridgehead atoms. The van der Waals surface area contributed by atoms with Crippen molar-refractivity contribution in [2.24, 2.45) is 10.7 Å². The quantitative estimate of drug-likeness (QED) is 0.656. The van der Waals surface area contributed by atoms with E-state index in [1.165, 1.54) is 18.2 Å². The third kappa shape index (κ3) is 4.43. The van der Waals surface area contributed by atoms with E-state index in [1.807, 2.05) is 19.9 Å². The van der Waals surface area contributed by atoms with E-state index in [9.17, 15) is 13.2 Å². The molecule has 2 aromatic rings. The van der Waals surface area contributed by atoms with Gasteiger partial charge in [0.2, 0.25) is 5.96 Å². The summed E-state index contributed by atoms with van der Waals surface area (Å²) in [5.74, 6) is 0.0565. The average molecular weight is 337 g/mol. The number of rotatable bonds is 3. The fourth-order valence-electron chi connectivity index (χ4n) is 2.04. The highest BCUT2D eigenvalue weighted by atomic mass is 19.4. The van der Waals surface area contributed by atoms with Crippen molar-refractivity contribution in [2.75, 3.05) is 5.32 Å². The van der Waals surface area contributed by atoms with Crippen molar-refractivity contribution < 1.29 is 13.2 Å². The predicted octanol–water partition coefficient (Wildman–Crippen LogP) is 3.99. The molecule has 0 spiro atoms. The molecule has 8 heteroatoms. The molecule has 0 amide bonds. The maximum Gasteiger partial charge on any atom is 0.418 e. The zero-order valence-electron chi connectivity index (χ0n) is 13.5. The summed E-state index contributed by atoms with van der Waals surface area (Å²) >= 11 is 0. The Morgan fingerprint density at radius 2 is 1.88 bits per heavy atom. The van der Waals surface area contributed by atoms with E-state index in [0.29, 0.717) is 5.69 Å². The number of benzene rings is 1. The van der Waals surface area contributed by atoms with Crippen LogP contribution in [-0.4, -0.2) is 15.9 Å². The molecular weight excluding hydrogens is 319 g/mol. The minimum Gasteiger partial charge on any atom is -0.369 e. The number of aryl methyl sites for hydroxylation is 1. The van der Waals surface area contributed by atoms with Gasteiger partial charge in [0.25, 0.3) is 5.95 Å². The molecule has 0 saturated carbocycles. The SMILES string of the molecule is Cc1cc(C(C)C)nc(/N=C(\N)Nc2ccccc2C(F)(F)F)n1. The highest BCUT2D eigenvalue weighted by molar-refractivity contribution is 5.94. The molecule has 24 heavy (non-hydrogen) atoms. The molecule has 0 saturated heterocycles. The minimum atomic E-state index is -4.49. The van der Waals surface area contributed by atoms with Crippen molar-refractivity contribution in [3.63, 3.8) is 0 Å². The summed E-state index contributed by atoms with van der Waals surface area (Å²) in [7, 11) is 0. The molecular formula is C16H18F3N5. The third-order valence-electron chi connectivity index (χ3n) is 3.17. The Kier molecular flexibility index (Phi) is 5.06. The lowest BCUT2D eigenvalue weighted by Gasteiger charge is -2.13. The van der Waals surface area contributed by atoms with E-state index >= 15 is 0 Å². The lowest BCUT2D eigenvalue weighted by atomic mass is 10.1. The van der Waals surface area contributed by atoms with Crippen LogP contribution in [0.25, 0.3) is 0 Å². The van der Waals surface area contributed by atoms with Gasteiger partial charge in [-0.1, -0.05) is 26.0 Å². The lowest BCUT2D eigenvalue weighted by Crippen LogP contribution is -2.24. The van der Waals surface area contributed by atoms with E-state index in [1.54, 1.807) is 6.92 Å². The fraction of sp³-hybridized carbons (Fsp3) is 0.312. The molecule has 3 N–H and O–H groups in total. The molecule has 5 nitrogen and oxygen atoms in total. The smallest absolute Gasteiger partial charge is 0.369 e. The summed E-state index contributed by atoms with van der Waals surface area (Å²) in [5, 5.41) is 2.46. The number of hydrogen-bond donors (Lipinski definition) is 2. The van der Waals surface area contributed by atoms with Gasteiger partial charge in [-0.15, -0.1) is 0 Å². The van der Waals surface area contributed by atoms with Crippen LogP contribution >= 0.6 is 0 Å². The number of aromatic nitrogens is 2. The number of alkyl halides is 3. The van der Waals surface area contributed by atoms with Crippen molar-refractivity contribution in [1.29, 1.82) is 0 Å². The Morgan fingerprint density at radius 3 is 2.50 bits per heavy atom. The summed E-state index contributed by atoms with van der Waals surface area (Å²) in [6, 6.07) is 6.86. The first-order valence-corrected chi connectivity index (χ1v) is 7.30. The van der Waals surface area contributed by atoms with E-state index in [2.05, 4.69) is 20.3 Å². The highest BCUT2D eigenvalue weighted by Crippen LogP contribution is 2.34. The van der Waals surface area contributed by atoms with E-state index < -0.39 is 11.7 Å². The van der Waals surface area contributed by atoms with Crippen molar-refractivity contribution in [2.45, 2.75) is 32.9 Å². The maximum absolute atomic E-state index is 13.0. The van der Waals surface area contributed by atoms with E-state index in [-0.39, 0.29) is 23.5 Å². The summed E-state index contributed by atoms with van der Waals surface area (Å²) in [6.45, 7) is 5.72. The van der Waals surface area contributed by atoms with Crippen LogP contribution < -0.4 is 11.1 Å². The third-order valence-corrected chi connectivity index (χ3v) is 3.17. The van der Waals surface area contributed by atoms with Gasteiger partial charge in [0.1, 0.15) is 0 Å². The standard InChI is InChI=1S/C16H18F3N5/c1-9(2)13-8-10(3)21-15(23-13)24-14(20)22-12-7-5-4-6-11(12)16(17,18)19/h4-9H,1-3H3,(H3,20,21,22,23,24). The second-order valence-corrected chi connectivity index (χ2v) is 5.55. The number of halogens is 3. The van der Waals surface area contributed by atoms with E-state index in [4.69, 9.17) is 5.73 Å². The molecule has 0 radical (unpaired) electrons. The molecule has 0 unspecified atom stereocenters. The minimum absolute atomic E-state index is 0.105. The van der Waals surface area contributed by atoms with Gasteiger partial charge in [0, 0.05) is 11.4 Å². The Bertz CT molecular complexity index is 754. The van der Waals surface area contributed by atoms with Gasteiger partial charge in [-0.05, 0) is 31.0 Å². The maximum atomic E-state index is 13.0. The topological polar surface area (TPSA) is 76.2 Å². The largest absolute Gasteiger partial charge is 0.418 e. The highest BCUT2D eigenvalue weighted by Gasteiger charge is 2.33. The summed E-state index contributed by atoms with van der Waals surface area (Å²) in [4.78, 5) is 12.3. The summed E-state index contributed by atoms with van der Waals surface area (Å²) in [5.41, 5.74) is 6.20. The van der Waals surface area contributed by atoms with Crippen LogP contribution in [-0.2, 0) is 6.18 Å². The van der Waals surface area contributed by atoms with Gasteiger partial charge >= 0.3 is 6.18 Å². The zero-order valence-corrected chi connectivity index (χ0v) is 13.5. The van der Waals surface area contributed by atoms with E-state index in [0.717, 1.165) is 11.8 Å². The van der Waals surface area contributed by atoms with Crippen molar-refractivity contribution >= 4 is 17.6 Å². The first kappa shape index (κ1) is 17.7. The molecule has 0 fully saturated rings. The van der Waals surface area contributed by atoms with Gasteiger partial charge < -0.3 is 11.1 Å². The second-order valence-electron chi connectivity index (χ2n) is 5.55. The van der Waals surface area contributed by atoms with Crippen LogP contribution in [0.5, 0.6) is 0 Å². The summed E-state index contributed by atoms with van der Waals surface area (Å²) in [6.07, 6.45) is -4.49. The Labute approximate surface area is 137 Å². The molecule has 0 atom stereocenters. The van der Waals surface area contributed by atoms with Crippen LogP contribution in [0.4, 0.5) is 24.8 Å². The Balaban J connectivity index is 2.31. The first-order valence-electron chi connectivity index (χ1n) is 7.30. The molecule has 1 aromatic carbocycles. The number of nitrogens with one attached hydrogen (secondary N) is 1. The van der Waals surface area contributed by atoms with Gasteiger partial charge in [-0.25, -0.2) is 9.97 Å². The van der Waals surface area contributed by atoms with Crippen molar-refractivity contribution in [3.8, 4) is 0 Å². The molecule has 0 aliphatic heterocycles. The lowest BCUT2D eigenvalue weighted by molar-refractivity contribution is -0.136. The number of aliphatic imine (C=N–C) groups is 1. The van der Waals surface area contributed by atoms with Crippen LogP contribution in [0.3, 0.4) is 0 Å². The predicted molar refractivity (Wildman–Crippen MR) is 87.2 cm³/mol. The normalized spacial score (nSPS) is 12.5. The molecule has 0 aliphatic carbocycles. The number of anilines is 1. The number of guanidine groups is 1. The number of hydrogen-bond acceptors (Lipinski definition) is 3. The molecule has 1 heterocycles. The van der Waals surface area contributed by atoms with Crippen LogP contribution in [0.15, 0.2) is 35.3 Å². The Hall–Kier alpha value is -2.64. The first-order chi connectivity index (χ1) is 11.2. The van der Waals surface area contributed by atoms with Crippen molar-refractivity contribution in [1.82, 2.24) is 9.97 Å². The van der Waals surface area contributed by atoms with Crippen LogP contribution in [0, 0.1) is 6.92 Å². The molecule has 2 rings (SSSR count). The second kappa shape index (κ2) is 6.86. The fourth-order valence-corrected chi connectivity index (χ4v) is 2.04. The molecule has 1 aromatic heterocycles. The zero-order chi connectivity index (χ0) is 17.9. The summed E-state index contributed by atoms with van der Waals surface area (Å²) < 4.78 is 38.9. The number of para-hydroxylation sites is 1. The van der Waals surface area contributed by atoms with Gasteiger partial charge in [-0.2, -0.15) is 18.2 Å². The molecule has 0 aliphatic rings. The molecule has 128 valence electrons. The number of nitrogens with zero attached hydrogens (tertiary/aromatic N) is 3. The monoisotopic (exact) mass is 337 g/mol. The average Bonchev–Trinajstić information content (AvgIpc) is 2.45. The van der Waals surface area contributed by atoms with Gasteiger partial charge in [0.05, 0.1) is 11.3 Å². The Morgan fingerprint density at radius 1 is 1.21 bits per heavy atom. The van der Waals surface area contributed by atoms with Crippen LogP contribution in [0.2, 0.25) is 0 Å². The van der Waals surface area contributed by atoms with Crippen molar-refractivity contribution in [3.05, 3.63) is 47.3 Å². The number of nitrogens with two attached hydrogens (primary N) is 1. The van der Waals surface area contributed by atoms with Crippen LogP contribution in [0.1, 0.15) is 36.7 Å².